The van der Waals surface area contributed by atoms with Gasteiger partial charge < -0.3 is 5.21 Å². The molecular formula is C17H19FN2O3S2. The molecule has 0 saturated heterocycles. The summed E-state index contributed by atoms with van der Waals surface area (Å²) in [5, 5.41) is 12.0. The van der Waals surface area contributed by atoms with Gasteiger partial charge in [-0.05, 0) is 56.0 Å². The molecule has 1 aromatic carbocycles. The van der Waals surface area contributed by atoms with Crippen molar-refractivity contribution in [1.29, 1.82) is 0 Å². The summed E-state index contributed by atoms with van der Waals surface area (Å²) in [6, 6.07) is 9.36. The third-order valence-electron chi connectivity index (χ3n) is 4.14. The first-order chi connectivity index (χ1) is 11.9. The molecule has 1 heterocycles. The predicted molar refractivity (Wildman–Crippen MR) is 95.3 cm³/mol. The molecule has 1 fully saturated rings. The molecule has 134 valence electrons. The minimum Gasteiger partial charge on any atom is -0.411 e. The minimum absolute atomic E-state index is 0.0311. The maximum absolute atomic E-state index is 13.0. The molecule has 25 heavy (non-hydrogen) atoms. The number of nitrogens with zero attached hydrogens (tertiary/aromatic N) is 2. The van der Waals surface area contributed by atoms with E-state index in [0.29, 0.717) is 23.6 Å². The van der Waals surface area contributed by atoms with E-state index in [-0.39, 0.29) is 16.1 Å². The van der Waals surface area contributed by atoms with Crippen LogP contribution in [-0.2, 0) is 16.4 Å². The summed E-state index contributed by atoms with van der Waals surface area (Å²) in [5.41, 5.74) is 1.29. The topological polar surface area (TPSA) is 70.0 Å². The van der Waals surface area contributed by atoms with Crippen LogP contribution < -0.4 is 0 Å². The van der Waals surface area contributed by atoms with Crippen molar-refractivity contribution in [2.24, 2.45) is 5.16 Å². The van der Waals surface area contributed by atoms with Gasteiger partial charge in [-0.15, -0.1) is 11.3 Å². The van der Waals surface area contributed by atoms with E-state index in [1.165, 1.54) is 16.4 Å². The summed E-state index contributed by atoms with van der Waals surface area (Å²) in [7, 11) is -3.60. The zero-order valence-electron chi connectivity index (χ0n) is 13.7. The molecule has 1 aliphatic rings. The Hall–Kier alpha value is -1.77. The van der Waals surface area contributed by atoms with Gasteiger partial charge in [0.2, 0.25) is 0 Å². The van der Waals surface area contributed by atoms with Crippen molar-refractivity contribution < 1.29 is 18.0 Å². The second-order valence-corrected chi connectivity index (χ2v) is 9.23. The van der Waals surface area contributed by atoms with E-state index >= 15 is 0 Å². The van der Waals surface area contributed by atoms with Crippen LogP contribution in [-0.4, -0.2) is 36.2 Å². The molecule has 5 nitrogen and oxygen atoms in total. The summed E-state index contributed by atoms with van der Waals surface area (Å²) in [4.78, 5) is 0.621. The van der Waals surface area contributed by atoms with E-state index in [1.54, 1.807) is 31.2 Å². The van der Waals surface area contributed by atoms with Gasteiger partial charge in [0.05, 0.1) is 10.6 Å². The van der Waals surface area contributed by atoms with Crippen LogP contribution in [0.5, 0.6) is 0 Å². The number of hydrogen-bond acceptors (Lipinski definition) is 5. The van der Waals surface area contributed by atoms with Crippen LogP contribution in [0.1, 0.15) is 30.2 Å². The van der Waals surface area contributed by atoms with Crippen molar-refractivity contribution in [3.05, 3.63) is 52.7 Å². The van der Waals surface area contributed by atoms with Crippen molar-refractivity contribution in [1.82, 2.24) is 4.31 Å². The molecule has 1 saturated carbocycles. The number of rotatable bonds is 7. The highest BCUT2D eigenvalue weighted by molar-refractivity contribution is 7.91. The van der Waals surface area contributed by atoms with Gasteiger partial charge in [-0.25, -0.2) is 12.8 Å². The Morgan fingerprint density at radius 2 is 1.96 bits per heavy atom. The fraction of sp³-hybridized carbons (Fsp3) is 0.353. The van der Waals surface area contributed by atoms with Gasteiger partial charge in [-0.2, -0.15) is 4.31 Å². The highest BCUT2D eigenvalue weighted by Crippen LogP contribution is 2.34. The first kappa shape index (κ1) is 18.0. The molecule has 0 spiro atoms. The molecule has 1 aliphatic carbocycles. The molecule has 1 N–H and O–H groups in total. The highest BCUT2D eigenvalue weighted by Gasteiger charge is 2.38. The number of sulfonamides is 1. The Morgan fingerprint density at radius 1 is 1.28 bits per heavy atom. The Kier molecular flexibility index (Phi) is 5.21. The van der Waals surface area contributed by atoms with E-state index < -0.39 is 10.0 Å². The van der Waals surface area contributed by atoms with Crippen LogP contribution in [0.25, 0.3) is 0 Å². The lowest BCUT2D eigenvalue weighted by molar-refractivity contribution is 0.319. The Balaban J connectivity index is 1.79. The SMILES string of the molecule is C/C(=N/O)c1ccc(S(=O)(=O)N(CCc2ccc(F)cc2)C2CC2)s1. The highest BCUT2D eigenvalue weighted by atomic mass is 32.2. The van der Waals surface area contributed by atoms with E-state index in [1.807, 2.05) is 0 Å². The molecule has 0 unspecified atom stereocenters. The largest absolute Gasteiger partial charge is 0.411 e. The molecule has 0 amide bonds. The molecule has 1 aromatic heterocycles. The predicted octanol–water partition coefficient (Wildman–Crippen LogP) is 3.48. The molecule has 0 atom stereocenters. The second-order valence-electron chi connectivity index (χ2n) is 6.03. The smallest absolute Gasteiger partial charge is 0.252 e. The van der Waals surface area contributed by atoms with Gasteiger partial charge in [0, 0.05) is 12.6 Å². The zero-order chi connectivity index (χ0) is 18.0. The summed E-state index contributed by atoms with van der Waals surface area (Å²) in [5.74, 6) is -0.303. The molecular weight excluding hydrogens is 363 g/mol. The average molecular weight is 382 g/mol. The average Bonchev–Trinajstić information content (AvgIpc) is 3.29. The fourth-order valence-electron chi connectivity index (χ4n) is 2.57. The van der Waals surface area contributed by atoms with Crippen LogP contribution in [0.4, 0.5) is 4.39 Å². The van der Waals surface area contributed by atoms with Gasteiger partial charge in [0.1, 0.15) is 10.0 Å². The molecule has 3 rings (SSSR count). The lowest BCUT2D eigenvalue weighted by Gasteiger charge is -2.21. The molecule has 0 radical (unpaired) electrons. The van der Waals surface area contributed by atoms with Gasteiger partial charge in [0.25, 0.3) is 10.0 Å². The Morgan fingerprint density at radius 3 is 2.56 bits per heavy atom. The molecule has 0 bridgehead atoms. The Bertz CT molecular complexity index is 872. The van der Waals surface area contributed by atoms with E-state index in [2.05, 4.69) is 5.16 Å². The van der Waals surface area contributed by atoms with Crippen molar-refractivity contribution in [3.8, 4) is 0 Å². The van der Waals surface area contributed by atoms with Crippen molar-refractivity contribution in [2.75, 3.05) is 6.54 Å². The second kappa shape index (κ2) is 7.23. The van der Waals surface area contributed by atoms with Gasteiger partial charge >= 0.3 is 0 Å². The molecule has 0 aliphatic heterocycles. The van der Waals surface area contributed by atoms with Crippen LogP contribution in [0.3, 0.4) is 0 Å². The normalized spacial score (nSPS) is 15.7. The maximum Gasteiger partial charge on any atom is 0.252 e. The fourth-order valence-corrected chi connectivity index (χ4v) is 5.63. The number of hydrogen-bond donors (Lipinski definition) is 1. The van der Waals surface area contributed by atoms with E-state index in [9.17, 15) is 12.8 Å². The first-order valence-electron chi connectivity index (χ1n) is 7.97. The third kappa shape index (κ3) is 4.08. The number of halogens is 1. The standard InChI is InChI=1S/C17H19FN2O3S2/c1-12(19-21)16-8-9-17(24-16)25(22,23)20(15-6-7-15)11-10-13-2-4-14(18)5-3-13/h2-5,8-9,15,21H,6-7,10-11H2,1H3/b19-12-. The van der Waals surface area contributed by atoms with Crippen molar-refractivity contribution >= 4 is 27.1 Å². The number of thiophene rings is 1. The Labute approximate surface area is 150 Å². The summed E-state index contributed by atoms with van der Waals surface area (Å²) >= 11 is 1.10. The lowest BCUT2D eigenvalue weighted by Crippen LogP contribution is -2.34. The van der Waals surface area contributed by atoms with Gasteiger partial charge in [0.15, 0.2) is 0 Å². The summed E-state index contributed by atoms with van der Waals surface area (Å²) in [6.45, 7) is 1.98. The number of oxime groups is 1. The minimum atomic E-state index is -3.60. The van der Waals surface area contributed by atoms with Crippen molar-refractivity contribution in [3.63, 3.8) is 0 Å². The van der Waals surface area contributed by atoms with Crippen LogP contribution in [0.15, 0.2) is 45.8 Å². The first-order valence-corrected chi connectivity index (χ1v) is 10.2. The third-order valence-corrected chi connectivity index (χ3v) is 7.75. The number of benzene rings is 1. The maximum atomic E-state index is 13.0. The van der Waals surface area contributed by atoms with Gasteiger partial charge in [-0.3, -0.25) is 0 Å². The zero-order valence-corrected chi connectivity index (χ0v) is 15.4. The van der Waals surface area contributed by atoms with Crippen LogP contribution >= 0.6 is 11.3 Å². The quantitative estimate of drug-likeness (QED) is 0.453. The van der Waals surface area contributed by atoms with Crippen LogP contribution in [0, 0.1) is 5.82 Å². The van der Waals surface area contributed by atoms with Gasteiger partial charge in [-0.1, -0.05) is 17.3 Å². The molecule has 8 heteroatoms. The van der Waals surface area contributed by atoms with E-state index in [4.69, 9.17) is 5.21 Å². The monoisotopic (exact) mass is 382 g/mol. The van der Waals surface area contributed by atoms with Crippen LogP contribution in [0.2, 0.25) is 0 Å². The molecule has 2 aromatic rings. The lowest BCUT2D eigenvalue weighted by atomic mass is 10.1. The van der Waals surface area contributed by atoms with Crippen molar-refractivity contribution in [2.45, 2.75) is 36.4 Å². The van der Waals surface area contributed by atoms with E-state index in [0.717, 1.165) is 29.7 Å². The summed E-state index contributed by atoms with van der Waals surface area (Å²) < 4.78 is 40.8. The summed E-state index contributed by atoms with van der Waals surface area (Å²) in [6.07, 6.45) is 2.25.